The van der Waals surface area contributed by atoms with Crippen molar-refractivity contribution in [1.82, 2.24) is 9.88 Å². The Balaban J connectivity index is 1.75. The number of carbonyl (C=O) groups is 3. The van der Waals surface area contributed by atoms with Crippen LogP contribution in [0.15, 0.2) is 54.1 Å². The molecule has 3 aromatic rings. The number of benzene rings is 2. The van der Waals surface area contributed by atoms with E-state index in [2.05, 4.69) is 19.2 Å². The number of nitrogens with one attached hydrogen (secondary N) is 1. The molecule has 8 heteroatoms. The number of aryl methyl sites for hydroxylation is 1. The molecule has 0 spiro atoms. The summed E-state index contributed by atoms with van der Waals surface area (Å²) in [5, 5.41) is 2.69. The number of esters is 1. The number of aromatic nitrogens is 1. The third-order valence-electron chi connectivity index (χ3n) is 6.64. The van der Waals surface area contributed by atoms with Crippen LogP contribution in [0.4, 0.5) is 5.69 Å². The second kappa shape index (κ2) is 10.1. The lowest BCUT2D eigenvalue weighted by Crippen LogP contribution is -2.54. The van der Waals surface area contributed by atoms with Gasteiger partial charge in [-0.1, -0.05) is 32.0 Å². The first-order chi connectivity index (χ1) is 17.5. The SMILES string of the molecule is COC(=O)c1cccc(-n2c(C)cc(/C=C3\C(=O)NC(=S)N(c4ccc(C(C)C)cc4)C3=O)c2C)c1C. The molecule has 0 aliphatic carbocycles. The summed E-state index contributed by atoms with van der Waals surface area (Å²) in [4.78, 5) is 39.9. The van der Waals surface area contributed by atoms with E-state index in [0.29, 0.717) is 22.7 Å². The fraction of sp³-hybridized carbons (Fsp3) is 0.241. The Morgan fingerprint density at radius 2 is 1.73 bits per heavy atom. The molecular weight excluding hydrogens is 486 g/mol. The predicted molar refractivity (Wildman–Crippen MR) is 148 cm³/mol. The predicted octanol–water partition coefficient (Wildman–Crippen LogP) is 5.14. The highest BCUT2D eigenvalue weighted by Gasteiger charge is 2.34. The fourth-order valence-electron chi connectivity index (χ4n) is 4.56. The van der Waals surface area contributed by atoms with Crippen molar-refractivity contribution in [2.45, 2.75) is 40.5 Å². The highest BCUT2D eigenvalue weighted by molar-refractivity contribution is 7.80. The largest absolute Gasteiger partial charge is 0.465 e. The molecule has 1 aromatic heterocycles. The molecule has 0 radical (unpaired) electrons. The molecule has 2 amide bonds. The molecule has 1 N–H and O–H groups in total. The van der Waals surface area contributed by atoms with E-state index in [4.69, 9.17) is 17.0 Å². The lowest BCUT2D eigenvalue weighted by atomic mass is 10.0. The van der Waals surface area contributed by atoms with Gasteiger partial charge in [0.15, 0.2) is 5.11 Å². The Labute approximate surface area is 221 Å². The molecule has 1 fully saturated rings. The van der Waals surface area contributed by atoms with Gasteiger partial charge < -0.3 is 9.30 Å². The Morgan fingerprint density at radius 3 is 2.35 bits per heavy atom. The number of thiocarbonyl (C=S) groups is 1. The molecule has 37 heavy (non-hydrogen) atoms. The summed E-state index contributed by atoms with van der Waals surface area (Å²) < 4.78 is 6.91. The van der Waals surface area contributed by atoms with E-state index >= 15 is 0 Å². The quantitative estimate of drug-likeness (QED) is 0.220. The van der Waals surface area contributed by atoms with Gasteiger partial charge in [-0.05, 0) is 92.0 Å². The summed E-state index contributed by atoms with van der Waals surface area (Å²) in [6.07, 6.45) is 1.59. The maximum atomic E-state index is 13.5. The molecule has 7 nitrogen and oxygen atoms in total. The van der Waals surface area contributed by atoms with E-state index in [-0.39, 0.29) is 10.7 Å². The van der Waals surface area contributed by atoms with Gasteiger partial charge in [0.2, 0.25) is 0 Å². The van der Waals surface area contributed by atoms with Crippen molar-refractivity contribution in [3.63, 3.8) is 0 Å². The van der Waals surface area contributed by atoms with Crippen molar-refractivity contribution in [2.75, 3.05) is 12.0 Å². The number of rotatable bonds is 5. The minimum Gasteiger partial charge on any atom is -0.465 e. The fourth-order valence-corrected chi connectivity index (χ4v) is 4.84. The molecule has 1 aliphatic rings. The zero-order chi connectivity index (χ0) is 27.0. The van der Waals surface area contributed by atoms with Crippen molar-refractivity contribution in [1.29, 1.82) is 0 Å². The molecule has 2 heterocycles. The minimum atomic E-state index is -0.543. The number of ether oxygens (including phenoxy) is 1. The van der Waals surface area contributed by atoms with Gasteiger partial charge >= 0.3 is 5.97 Å². The van der Waals surface area contributed by atoms with E-state index in [9.17, 15) is 14.4 Å². The number of nitrogens with zero attached hydrogens (tertiary/aromatic N) is 2. The molecule has 0 unspecified atom stereocenters. The summed E-state index contributed by atoms with van der Waals surface area (Å²) in [5.74, 6) is -1.09. The van der Waals surface area contributed by atoms with Crippen LogP contribution >= 0.6 is 12.2 Å². The molecule has 0 bridgehead atoms. The summed E-state index contributed by atoms with van der Waals surface area (Å²) in [7, 11) is 1.35. The first-order valence-electron chi connectivity index (χ1n) is 11.9. The van der Waals surface area contributed by atoms with Gasteiger partial charge in [0, 0.05) is 17.1 Å². The van der Waals surface area contributed by atoms with Crippen molar-refractivity contribution in [3.05, 3.63) is 87.7 Å². The number of hydrogen-bond acceptors (Lipinski definition) is 5. The average molecular weight is 516 g/mol. The Kier molecular flexibility index (Phi) is 7.14. The lowest BCUT2D eigenvalue weighted by molar-refractivity contribution is -0.122. The van der Waals surface area contributed by atoms with Crippen molar-refractivity contribution in [3.8, 4) is 5.69 Å². The summed E-state index contributed by atoms with van der Waals surface area (Å²) in [6, 6.07) is 14.9. The third-order valence-corrected chi connectivity index (χ3v) is 6.93. The van der Waals surface area contributed by atoms with Crippen LogP contribution in [-0.2, 0) is 14.3 Å². The first kappa shape index (κ1) is 26.0. The van der Waals surface area contributed by atoms with E-state index < -0.39 is 17.8 Å². The maximum absolute atomic E-state index is 13.5. The van der Waals surface area contributed by atoms with Gasteiger partial charge in [0.25, 0.3) is 11.8 Å². The van der Waals surface area contributed by atoms with E-state index in [1.54, 1.807) is 18.2 Å². The van der Waals surface area contributed by atoms with E-state index in [0.717, 1.165) is 28.2 Å². The van der Waals surface area contributed by atoms with Crippen LogP contribution in [-0.4, -0.2) is 34.6 Å². The number of carbonyl (C=O) groups excluding carboxylic acids is 3. The van der Waals surface area contributed by atoms with Crippen LogP contribution in [0, 0.1) is 20.8 Å². The van der Waals surface area contributed by atoms with Crippen molar-refractivity contribution >= 4 is 46.9 Å². The van der Waals surface area contributed by atoms with E-state index in [1.165, 1.54) is 12.0 Å². The highest BCUT2D eigenvalue weighted by Crippen LogP contribution is 2.29. The zero-order valence-corrected chi connectivity index (χ0v) is 22.5. The summed E-state index contributed by atoms with van der Waals surface area (Å²) >= 11 is 5.34. The van der Waals surface area contributed by atoms with Crippen LogP contribution in [0.3, 0.4) is 0 Å². The third kappa shape index (κ3) is 4.72. The van der Waals surface area contributed by atoms with Gasteiger partial charge in [-0.15, -0.1) is 0 Å². The van der Waals surface area contributed by atoms with Gasteiger partial charge in [-0.25, -0.2) is 4.79 Å². The van der Waals surface area contributed by atoms with Crippen molar-refractivity contribution in [2.24, 2.45) is 0 Å². The monoisotopic (exact) mass is 515 g/mol. The van der Waals surface area contributed by atoms with Crippen LogP contribution in [0.1, 0.15) is 58.2 Å². The van der Waals surface area contributed by atoms with Gasteiger partial charge in [0.05, 0.1) is 18.4 Å². The Hall–Kier alpha value is -4.04. The van der Waals surface area contributed by atoms with Crippen LogP contribution in [0.25, 0.3) is 11.8 Å². The van der Waals surface area contributed by atoms with Gasteiger partial charge in [0.1, 0.15) is 5.57 Å². The van der Waals surface area contributed by atoms with Gasteiger partial charge in [-0.2, -0.15) is 0 Å². The molecule has 4 rings (SSSR count). The maximum Gasteiger partial charge on any atom is 0.338 e. The average Bonchev–Trinajstić information content (AvgIpc) is 3.14. The summed E-state index contributed by atoms with van der Waals surface area (Å²) in [5.41, 5.74) is 6.18. The zero-order valence-electron chi connectivity index (χ0n) is 21.7. The number of hydrogen-bond donors (Lipinski definition) is 1. The smallest absolute Gasteiger partial charge is 0.338 e. The highest BCUT2D eigenvalue weighted by atomic mass is 32.1. The minimum absolute atomic E-state index is 0.0122. The van der Waals surface area contributed by atoms with Crippen LogP contribution in [0.2, 0.25) is 0 Å². The topological polar surface area (TPSA) is 80.6 Å². The lowest BCUT2D eigenvalue weighted by Gasteiger charge is -2.29. The number of methoxy groups -OCH3 is 1. The molecule has 0 atom stereocenters. The number of amides is 2. The van der Waals surface area contributed by atoms with Gasteiger partial charge in [-0.3, -0.25) is 19.8 Å². The molecule has 1 saturated heterocycles. The molecule has 190 valence electrons. The standard InChI is InChI=1S/C29H29N3O4S/c1-16(2)20-10-12-22(13-11-20)32-27(34)24(26(33)30-29(32)37)15-21-14-17(3)31(19(21)5)25-9-7-8-23(18(25)4)28(35)36-6/h7-16H,1-6H3,(H,30,33,37)/b24-15+. The number of anilines is 1. The second-order valence-corrected chi connectivity index (χ2v) is 9.69. The normalized spacial score (nSPS) is 14.9. The molecule has 1 aliphatic heterocycles. The Bertz CT molecular complexity index is 1470. The van der Waals surface area contributed by atoms with E-state index in [1.807, 2.05) is 61.7 Å². The second-order valence-electron chi connectivity index (χ2n) is 9.31. The molecule has 0 saturated carbocycles. The van der Waals surface area contributed by atoms with Crippen LogP contribution in [0.5, 0.6) is 0 Å². The Morgan fingerprint density at radius 1 is 1.05 bits per heavy atom. The molecule has 2 aromatic carbocycles. The molecular formula is C29H29N3O4S. The summed E-state index contributed by atoms with van der Waals surface area (Å²) in [6.45, 7) is 9.88. The van der Waals surface area contributed by atoms with Crippen molar-refractivity contribution < 1.29 is 19.1 Å². The van der Waals surface area contributed by atoms with Crippen LogP contribution < -0.4 is 10.2 Å². The first-order valence-corrected chi connectivity index (χ1v) is 12.3.